The lowest BCUT2D eigenvalue weighted by atomic mass is 10.0. The van der Waals surface area contributed by atoms with Crippen LogP contribution in [-0.4, -0.2) is 21.4 Å². The van der Waals surface area contributed by atoms with E-state index >= 15 is 0 Å². The van der Waals surface area contributed by atoms with Crippen LogP contribution in [0.3, 0.4) is 0 Å². The number of benzene rings is 1. The molecule has 0 saturated carbocycles. The number of hydrogen-bond donors (Lipinski definition) is 0. The number of furan rings is 1. The summed E-state index contributed by atoms with van der Waals surface area (Å²) in [5.41, 5.74) is 6.46. The number of aryl methyl sites for hydroxylation is 2. The van der Waals surface area contributed by atoms with Crippen molar-refractivity contribution in [2.24, 2.45) is 0 Å². The van der Waals surface area contributed by atoms with E-state index in [4.69, 9.17) is 9.40 Å². The van der Waals surface area contributed by atoms with Gasteiger partial charge in [-0.25, -0.2) is 9.97 Å². The lowest BCUT2D eigenvalue weighted by molar-refractivity contribution is 0.242. The Hall–Kier alpha value is -2.46. The lowest BCUT2D eigenvalue weighted by Crippen LogP contribution is -2.31. The number of aromatic nitrogens is 2. The molecule has 3 heterocycles. The molecule has 0 bridgehead atoms. The van der Waals surface area contributed by atoms with Crippen LogP contribution in [0, 0.1) is 13.8 Å². The topological polar surface area (TPSA) is 42.2 Å². The zero-order valence-corrected chi connectivity index (χ0v) is 14.1. The SMILES string of the molecule is Cc1ccc(C)c(CN2CCc3nc(-c4ccco4)ncc3C2)c1. The molecule has 2 aromatic heterocycles. The molecule has 0 amide bonds. The Balaban J connectivity index is 1.53. The molecule has 0 unspecified atom stereocenters. The van der Waals surface area contributed by atoms with E-state index < -0.39 is 0 Å². The van der Waals surface area contributed by atoms with Crippen LogP contribution in [0.1, 0.15) is 27.9 Å². The fourth-order valence-electron chi connectivity index (χ4n) is 3.25. The van der Waals surface area contributed by atoms with Gasteiger partial charge in [0.25, 0.3) is 0 Å². The number of fused-ring (bicyclic) bond motifs is 1. The molecule has 0 radical (unpaired) electrons. The Morgan fingerprint density at radius 2 is 2.12 bits per heavy atom. The van der Waals surface area contributed by atoms with Crippen molar-refractivity contribution in [1.82, 2.24) is 14.9 Å². The van der Waals surface area contributed by atoms with Crippen LogP contribution < -0.4 is 0 Å². The van der Waals surface area contributed by atoms with Crippen LogP contribution in [0.15, 0.2) is 47.2 Å². The van der Waals surface area contributed by atoms with Crippen LogP contribution in [0.2, 0.25) is 0 Å². The number of hydrogen-bond acceptors (Lipinski definition) is 4. The van der Waals surface area contributed by atoms with Gasteiger partial charge in [-0.05, 0) is 37.1 Å². The van der Waals surface area contributed by atoms with Gasteiger partial charge in [-0.15, -0.1) is 0 Å². The monoisotopic (exact) mass is 319 g/mol. The summed E-state index contributed by atoms with van der Waals surface area (Å²) in [5, 5.41) is 0. The fourth-order valence-corrected chi connectivity index (χ4v) is 3.25. The third kappa shape index (κ3) is 2.97. The predicted octanol–water partition coefficient (Wildman–Crippen LogP) is 3.91. The number of nitrogens with zero attached hydrogens (tertiary/aromatic N) is 3. The van der Waals surface area contributed by atoms with Gasteiger partial charge in [-0.1, -0.05) is 23.8 Å². The summed E-state index contributed by atoms with van der Waals surface area (Å²) in [5.74, 6) is 1.41. The Morgan fingerprint density at radius 3 is 2.96 bits per heavy atom. The lowest BCUT2D eigenvalue weighted by Gasteiger charge is -2.28. The smallest absolute Gasteiger partial charge is 0.195 e. The Labute approximate surface area is 142 Å². The minimum atomic E-state index is 0.682. The van der Waals surface area contributed by atoms with Crippen LogP contribution in [-0.2, 0) is 19.5 Å². The van der Waals surface area contributed by atoms with Crippen molar-refractivity contribution in [3.63, 3.8) is 0 Å². The summed E-state index contributed by atoms with van der Waals surface area (Å²) in [6, 6.07) is 10.4. The molecule has 1 aliphatic rings. The van der Waals surface area contributed by atoms with Gasteiger partial charge >= 0.3 is 0 Å². The minimum Gasteiger partial charge on any atom is -0.461 e. The second-order valence-corrected chi connectivity index (χ2v) is 6.53. The second kappa shape index (κ2) is 6.21. The minimum absolute atomic E-state index is 0.682. The standard InChI is InChI=1S/C20H21N3O/c1-14-5-6-15(2)16(10-14)12-23-8-7-18-17(13-23)11-21-20(22-18)19-4-3-9-24-19/h3-6,9-11H,7-8,12-13H2,1-2H3. The third-order valence-electron chi connectivity index (χ3n) is 4.65. The van der Waals surface area contributed by atoms with Gasteiger partial charge in [0.2, 0.25) is 0 Å². The second-order valence-electron chi connectivity index (χ2n) is 6.53. The maximum atomic E-state index is 5.40. The Kier molecular flexibility index (Phi) is 3.90. The Bertz CT molecular complexity index is 855. The maximum Gasteiger partial charge on any atom is 0.195 e. The molecule has 0 spiro atoms. The fraction of sp³-hybridized carbons (Fsp3) is 0.300. The van der Waals surface area contributed by atoms with E-state index in [2.05, 4.69) is 41.9 Å². The van der Waals surface area contributed by atoms with E-state index in [1.807, 2.05) is 18.3 Å². The molecular weight excluding hydrogens is 298 g/mol. The van der Waals surface area contributed by atoms with Gasteiger partial charge in [-0.2, -0.15) is 0 Å². The summed E-state index contributed by atoms with van der Waals surface area (Å²) in [6.07, 6.45) is 4.57. The normalized spacial score (nSPS) is 14.6. The summed E-state index contributed by atoms with van der Waals surface area (Å²) >= 11 is 0. The molecule has 0 atom stereocenters. The van der Waals surface area contributed by atoms with Crippen molar-refractivity contribution < 1.29 is 4.42 Å². The molecule has 4 rings (SSSR count). The summed E-state index contributed by atoms with van der Waals surface area (Å²) in [4.78, 5) is 11.6. The van der Waals surface area contributed by atoms with E-state index in [0.29, 0.717) is 5.82 Å². The van der Waals surface area contributed by atoms with Gasteiger partial charge in [0.05, 0.1) is 12.0 Å². The Morgan fingerprint density at radius 1 is 1.21 bits per heavy atom. The molecule has 1 aromatic carbocycles. The molecule has 4 heteroatoms. The molecule has 3 aromatic rings. The van der Waals surface area contributed by atoms with E-state index in [1.54, 1.807) is 6.26 Å². The first kappa shape index (κ1) is 15.1. The van der Waals surface area contributed by atoms with Gasteiger partial charge in [0.15, 0.2) is 11.6 Å². The van der Waals surface area contributed by atoms with Gasteiger partial charge in [0, 0.05) is 37.8 Å². The molecule has 122 valence electrons. The van der Waals surface area contributed by atoms with Crippen molar-refractivity contribution >= 4 is 0 Å². The molecule has 0 fully saturated rings. The first-order valence-corrected chi connectivity index (χ1v) is 8.36. The van der Waals surface area contributed by atoms with E-state index in [1.165, 1.54) is 22.3 Å². The average molecular weight is 319 g/mol. The average Bonchev–Trinajstić information content (AvgIpc) is 3.12. The molecule has 0 saturated heterocycles. The summed E-state index contributed by atoms with van der Waals surface area (Å²) in [6.45, 7) is 7.24. The van der Waals surface area contributed by atoms with Crippen LogP contribution >= 0.6 is 0 Å². The predicted molar refractivity (Wildman–Crippen MR) is 93.5 cm³/mol. The molecule has 1 aliphatic heterocycles. The quantitative estimate of drug-likeness (QED) is 0.734. The molecule has 0 aliphatic carbocycles. The van der Waals surface area contributed by atoms with E-state index in [-0.39, 0.29) is 0 Å². The highest BCUT2D eigenvalue weighted by Gasteiger charge is 2.20. The molecule has 0 N–H and O–H groups in total. The highest BCUT2D eigenvalue weighted by molar-refractivity contribution is 5.47. The highest BCUT2D eigenvalue weighted by Crippen LogP contribution is 2.23. The maximum absolute atomic E-state index is 5.40. The van der Waals surface area contributed by atoms with E-state index in [0.717, 1.165) is 37.5 Å². The van der Waals surface area contributed by atoms with Crippen molar-refractivity contribution in [2.45, 2.75) is 33.4 Å². The largest absolute Gasteiger partial charge is 0.461 e. The van der Waals surface area contributed by atoms with Crippen LogP contribution in [0.5, 0.6) is 0 Å². The van der Waals surface area contributed by atoms with Gasteiger partial charge in [0.1, 0.15) is 0 Å². The van der Waals surface area contributed by atoms with Crippen molar-refractivity contribution in [3.8, 4) is 11.6 Å². The first-order chi connectivity index (χ1) is 11.7. The van der Waals surface area contributed by atoms with Crippen molar-refractivity contribution in [1.29, 1.82) is 0 Å². The molecular formula is C20H21N3O. The van der Waals surface area contributed by atoms with Crippen LogP contribution in [0.25, 0.3) is 11.6 Å². The molecule has 4 nitrogen and oxygen atoms in total. The number of rotatable bonds is 3. The first-order valence-electron chi connectivity index (χ1n) is 8.36. The van der Waals surface area contributed by atoms with Crippen molar-refractivity contribution in [2.75, 3.05) is 6.54 Å². The molecule has 24 heavy (non-hydrogen) atoms. The van der Waals surface area contributed by atoms with Crippen molar-refractivity contribution in [3.05, 3.63) is 70.7 Å². The third-order valence-corrected chi connectivity index (χ3v) is 4.65. The summed E-state index contributed by atoms with van der Waals surface area (Å²) in [7, 11) is 0. The highest BCUT2D eigenvalue weighted by atomic mass is 16.3. The van der Waals surface area contributed by atoms with Gasteiger partial charge in [-0.3, -0.25) is 4.90 Å². The zero-order valence-electron chi connectivity index (χ0n) is 14.1. The van der Waals surface area contributed by atoms with Gasteiger partial charge < -0.3 is 4.42 Å². The zero-order chi connectivity index (χ0) is 16.5. The van der Waals surface area contributed by atoms with E-state index in [9.17, 15) is 0 Å². The summed E-state index contributed by atoms with van der Waals surface area (Å²) < 4.78 is 5.40. The van der Waals surface area contributed by atoms with Crippen LogP contribution in [0.4, 0.5) is 0 Å².